The number of rotatable bonds is 7. The highest BCUT2D eigenvalue weighted by Gasteiger charge is 2.16. The molecule has 2 aromatic carbocycles. The molecule has 0 radical (unpaired) electrons. The number of nitriles is 1. The predicted molar refractivity (Wildman–Crippen MR) is 103 cm³/mol. The van der Waals surface area contributed by atoms with E-state index in [9.17, 15) is 14.4 Å². The van der Waals surface area contributed by atoms with Crippen LogP contribution < -0.4 is 5.32 Å². The smallest absolute Gasteiger partial charge is 0.306 e. The fourth-order valence-electron chi connectivity index (χ4n) is 3.20. The number of ketones is 1. The van der Waals surface area contributed by atoms with Crippen molar-refractivity contribution < 1.29 is 19.1 Å². The number of ether oxygens (including phenoxy) is 1. The van der Waals surface area contributed by atoms with Crippen LogP contribution in [-0.4, -0.2) is 24.3 Å². The Morgan fingerprint density at radius 3 is 2.64 bits per heavy atom. The van der Waals surface area contributed by atoms with Crippen molar-refractivity contribution in [2.75, 3.05) is 11.9 Å². The van der Waals surface area contributed by atoms with Gasteiger partial charge in [0.15, 0.2) is 12.4 Å². The van der Waals surface area contributed by atoms with Gasteiger partial charge in [-0.25, -0.2) is 0 Å². The summed E-state index contributed by atoms with van der Waals surface area (Å²) in [6.07, 6.45) is 3.11. The molecule has 28 heavy (non-hydrogen) atoms. The number of carbonyl (C=O) groups excluding carboxylic acids is 3. The first kappa shape index (κ1) is 19.3. The first-order valence-corrected chi connectivity index (χ1v) is 9.16. The van der Waals surface area contributed by atoms with E-state index < -0.39 is 18.5 Å². The summed E-state index contributed by atoms with van der Waals surface area (Å²) in [6.45, 7) is -0.467. The van der Waals surface area contributed by atoms with Gasteiger partial charge >= 0.3 is 5.97 Å². The van der Waals surface area contributed by atoms with E-state index in [2.05, 4.69) is 5.32 Å². The first-order chi connectivity index (χ1) is 13.6. The number of benzene rings is 2. The molecule has 0 spiro atoms. The number of aryl methyl sites for hydroxylation is 2. The summed E-state index contributed by atoms with van der Waals surface area (Å²) in [6, 6.07) is 14.2. The van der Waals surface area contributed by atoms with Crippen LogP contribution in [-0.2, 0) is 27.2 Å². The summed E-state index contributed by atoms with van der Waals surface area (Å²) in [5, 5.41) is 11.5. The standard InChI is InChI=1S/C22H20N2O4/c23-13-18-4-1-2-7-19(18)24-21(26)14-28-22(27)11-10-20(25)17-9-8-15-5-3-6-16(15)12-17/h1-2,4,7-9,12H,3,5-6,10-11,14H2,(H,24,26). The number of hydrogen-bond donors (Lipinski definition) is 1. The van der Waals surface area contributed by atoms with Gasteiger partial charge in [0.2, 0.25) is 0 Å². The minimum Gasteiger partial charge on any atom is -0.456 e. The summed E-state index contributed by atoms with van der Waals surface area (Å²) in [5.41, 5.74) is 3.79. The number of amides is 1. The molecule has 1 aliphatic carbocycles. The van der Waals surface area contributed by atoms with Crippen molar-refractivity contribution in [2.45, 2.75) is 32.1 Å². The SMILES string of the molecule is N#Cc1ccccc1NC(=O)COC(=O)CCC(=O)c1ccc2c(c1)CCC2. The second-order valence-electron chi connectivity index (χ2n) is 6.63. The Hall–Kier alpha value is -3.46. The molecule has 142 valence electrons. The zero-order chi connectivity index (χ0) is 19.9. The van der Waals surface area contributed by atoms with E-state index in [-0.39, 0.29) is 18.6 Å². The summed E-state index contributed by atoms with van der Waals surface area (Å²) in [5.74, 6) is -1.27. The molecule has 0 bridgehead atoms. The lowest BCUT2D eigenvalue weighted by Crippen LogP contribution is -2.21. The Bertz CT molecular complexity index is 959. The number of esters is 1. The van der Waals surface area contributed by atoms with Crippen molar-refractivity contribution in [3.05, 3.63) is 64.7 Å². The largest absolute Gasteiger partial charge is 0.456 e. The third kappa shape index (κ3) is 4.83. The number of nitrogens with one attached hydrogen (secondary N) is 1. The van der Waals surface area contributed by atoms with Crippen molar-refractivity contribution in [3.63, 3.8) is 0 Å². The van der Waals surface area contributed by atoms with Crippen molar-refractivity contribution >= 4 is 23.3 Å². The highest BCUT2D eigenvalue weighted by Crippen LogP contribution is 2.23. The lowest BCUT2D eigenvalue weighted by atomic mass is 10.0. The quantitative estimate of drug-likeness (QED) is 0.591. The van der Waals surface area contributed by atoms with Gasteiger partial charge in [0.1, 0.15) is 6.07 Å². The molecule has 2 aromatic rings. The van der Waals surface area contributed by atoms with Crippen molar-refractivity contribution in [3.8, 4) is 6.07 Å². The van der Waals surface area contributed by atoms with Gasteiger partial charge in [-0.2, -0.15) is 5.26 Å². The van der Waals surface area contributed by atoms with Gasteiger partial charge in [-0.15, -0.1) is 0 Å². The molecular formula is C22H20N2O4. The lowest BCUT2D eigenvalue weighted by molar-refractivity contribution is -0.147. The van der Waals surface area contributed by atoms with Gasteiger partial charge in [0, 0.05) is 12.0 Å². The van der Waals surface area contributed by atoms with Crippen molar-refractivity contribution in [1.29, 1.82) is 5.26 Å². The van der Waals surface area contributed by atoms with Crippen molar-refractivity contribution in [1.82, 2.24) is 0 Å². The molecule has 0 saturated heterocycles. The maximum Gasteiger partial charge on any atom is 0.306 e. The summed E-state index contributed by atoms with van der Waals surface area (Å²) >= 11 is 0. The Morgan fingerprint density at radius 1 is 1.04 bits per heavy atom. The van der Waals surface area contributed by atoms with Gasteiger partial charge in [0.25, 0.3) is 5.91 Å². The maximum absolute atomic E-state index is 12.3. The maximum atomic E-state index is 12.3. The fourth-order valence-corrected chi connectivity index (χ4v) is 3.20. The Morgan fingerprint density at radius 2 is 1.82 bits per heavy atom. The highest BCUT2D eigenvalue weighted by molar-refractivity contribution is 5.98. The monoisotopic (exact) mass is 376 g/mol. The van der Waals surface area contributed by atoms with E-state index in [1.54, 1.807) is 30.3 Å². The van der Waals surface area contributed by atoms with Gasteiger partial charge in [-0.1, -0.05) is 24.3 Å². The average Bonchev–Trinajstić information content (AvgIpc) is 3.18. The zero-order valence-electron chi connectivity index (χ0n) is 15.4. The molecule has 0 aliphatic heterocycles. The average molecular weight is 376 g/mol. The molecular weight excluding hydrogens is 356 g/mol. The van der Waals surface area contributed by atoms with Gasteiger partial charge in [-0.05, 0) is 48.6 Å². The van der Waals surface area contributed by atoms with Crippen LogP contribution in [0.15, 0.2) is 42.5 Å². The molecule has 0 saturated carbocycles. The number of Topliss-reactive ketones (excluding diaryl/α,β-unsaturated/α-hetero) is 1. The number of carbonyl (C=O) groups is 3. The Balaban J connectivity index is 1.43. The Labute approximate surface area is 163 Å². The molecule has 0 aromatic heterocycles. The molecule has 0 unspecified atom stereocenters. The fraction of sp³-hybridized carbons (Fsp3) is 0.273. The summed E-state index contributed by atoms with van der Waals surface area (Å²) < 4.78 is 4.92. The molecule has 3 rings (SSSR count). The van der Waals surface area contributed by atoms with E-state index >= 15 is 0 Å². The first-order valence-electron chi connectivity index (χ1n) is 9.16. The normalized spacial score (nSPS) is 12.0. The zero-order valence-corrected chi connectivity index (χ0v) is 15.4. The molecule has 0 fully saturated rings. The molecule has 0 heterocycles. The topological polar surface area (TPSA) is 96.3 Å². The van der Waals surface area contributed by atoms with Crippen LogP contribution in [0.1, 0.15) is 46.3 Å². The predicted octanol–water partition coefficient (Wildman–Crippen LogP) is 3.19. The van der Waals surface area contributed by atoms with E-state index in [0.717, 1.165) is 19.3 Å². The molecule has 1 N–H and O–H groups in total. The number of fused-ring (bicyclic) bond motifs is 1. The van der Waals surface area contributed by atoms with Crippen LogP contribution >= 0.6 is 0 Å². The number of hydrogen-bond acceptors (Lipinski definition) is 5. The van der Waals surface area contributed by atoms with Crippen LogP contribution in [0.5, 0.6) is 0 Å². The second kappa shape index (κ2) is 8.96. The molecule has 6 heteroatoms. The van der Waals surface area contributed by atoms with Crippen LogP contribution in [0.4, 0.5) is 5.69 Å². The highest BCUT2D eigenvalue weighted by atomic mass is 16.5. The summed E-state index contributed by atoms with van der Waals surface area (Å²) in [4.78, 5) is 36.0. The molecule has 1 aliphatic rings. The minimum absolute atomic E-state index is 0.0382. The second-order valence-corrected chi connectivity index (χ2v) is 6.63. The molecule has 6 nitrogen and oxygen atoms in total. The Kier molecular flexibility index (Phi) is 6.18. The third-order valence-electron chi connectivity index (χ3n) is 4.66. The van der Waals surface area contributed by atoms with Crippen LogP contribution in [0.25, 0.3) is 0 Å². The minimum atomic E-state index is -0.613. The van der Waals surface area contributed by atoms with Crippen LogP contribution in [0.2, 0.25) is 0 Å². The van der Waals surface area contributed by atoms with Crippen LogP contribution in [0.3, 0.4) is 0 Å². The number of para-hydroxylation sites is 1. The van der Waals surface area contributed by atoms with Gasteiger partial charge in [0.05, 0.1) is 17.7 Å². The number of anilines is 1. The van der Waals surface area contributed by atoms with Crippen molar-refractivity contribution in [2.24, 2.45) is 0 Å². The van der Waals surface area contributed by atoms with Gasteiger partial charge < -0.3 is 10.1 Å². The van der Waals surface area contributed by atoms with E-state index in [0.29, 0.717) is 16.8 Å². The summed E-state index contributed by atoms with van der Waals surface area (Å²) in [7, 11) is 0. The van der Waals surface area contributed by atoms with E-state index in [1.165, 1.54) is 11.1 Å². The lowest BCUT2D eigenvalue weighted by Gasteiger charge is -2.08. The molecule has 1 amide bonds. The van der Waals surface area contributed by atoms with E-state index in [1.807, 2.05) is 18.2 Å². The van der Waals surface area contributed by atoms with Crippen LogP contribution in [0, 0.1) is 11.3 Å². The molecule has 0 atom stereocenters. The third-order valence-corrected chi connectivity index (χ3v) is 4.66. The van der Waals surface area contributed by atoms with Gasteiger partial charge in [-0.3, -0.25) is 14.4 Å². The number of nitrogens with zero attached hydrogens (tertiary/aromatic N) is 1. The van der Waals surface area contributed by atoms with E-state index in [4.69, 9.17) is 10.00 Å².